The summed E-state index contributed by atoms with van der Waals surface area (Å²) >= 11 is 3.21. The van der Waals surface area contributed by atoms with Crippen LogP contribution in [0.3, 0.4) is 0 Å². The van der Waals surface area contributed by atoms with Gasteiger partial charge in [-0.25, -0.2) is 9.50 Å². The van der Waals surface area contributed by atoms with Crippen molar-refractivity contribution in [3.8, 4) is 5.75 Å². The zero-order valence-electron chi connectivity index (χ0n) is 13.0. The zero-order valence-corrected chi connectivity index (χ0v) is 14.6. The van der Waals surface area contributed by atoms with E-state index >= 15 is 0 Å². The van der Waals surface area contributed by atoms with Crippen molar-refractivity contribution in [2.45, 2.75) is 11.8 Å². The van der Waals surface area contributed by atoms with Crippen molar-refractivity contribution in [1.82, 2.24) is 14.6 Å². The number of oxime groups is 1. The second-order valence-corrected chi connectivity index (χ2v) is 6.63. The normalized spacial score (nSPS) is 11.9. The van der Waals surface area contributed by atoms with E-state index in [1.807, 2.05) is 35.7 Å². The van der Waals surface area contributed by atoms with Gasteiger partial charge < -0.3 is 9.57 Å². The third-order valence-corrected chi connectivity index (χ3v) is 5.52. The molecule has 0 atom stereocenters. The Morgan fingerprint density at radius 3 is 2.91 bits per heavy atom. The van der Waals surface area contributed by atoms with Crippen molar-refractivity contribution in [3.05, 3.63) is 41.2 Å². The van der Waals surface area contributed by atoms with Gasteiger partial charge in [-0.1, -0.05) is 28.6 Å². The summed E-state index contributed by atoms with van der Waals surface area (Å²) in [6.07, 6.45) is 1.55. The molecule has 0 aliphatic rings. The van der Waals surface area contributed by atoms with Gasteiger partial charge in [0, 0.05) is 10.6 Å². The lowest BCUT2D eigenvalue weighted by atomic mass is 10.3. The Morgan fingerprint density at radius 1 is 1.35 bits per heavy atom. The molecule has 3 rings (SSSR count). The Morgan fingerprint density at radius 2 is 2.17 bits per heavy atom. The van der Waals surface area contributed by atoms with E-state index in [2.05, 4.69) is 15.2 Å². The predicted octanol–water partition coefficient (Wildman–Crippen LogP) is 3.25. The quantitative estimate of drug-likeness (QED) is 0.389. The molecular weight excluding hydrogens is 332 g/mol. The smallest absolute Gasteiger partial charge is 0.212 e. The number of aromatic nitrogens is 3. The molecule has 6 nitrogen and oxygen atoms in total. The third-order valence-electron chi connectivity index (χ3n) is 3.25. The van der Waals surface area contributed by atoms with Gasteiger partial charge in [0.1, 0.15) is 24.9 Å². The van der Waals surface area contributed by atoms with Crippen molar-refractivity contribution in [3.63, 3.8) is 0 Å². The van der Waals surface area contributed by atoms with Gasteiger partial charge in [0.2, 0.25) is 4.96 Å². The Labute approximate surface area is 142 Å². The van der Waals surface area contributed by atoms with Crippen LogP contribution in [-0.4, -0.2) is 40.3 Å². The standard InChI is InChI=1S/C15H16N4O2S2/c1-10-14(23-15-16-9-17-19(10)15)11(18-21-3)8-22-13-7-5-4-6-12(13)20-2/h4-7,9H,8H2,1-3H3/b18-11+. The van der Waals surface area contributed by atoms with Crippen LogP contribution >= 0.6 is 23.1 Å². The number of thioether (sulfide) groups is 1. The van der Waals surface area contributed by atoms with Crippen molar-refractivity contribution in [2.75, 3.05) is 20.0 Å². The van der Waals surface area contributed by atoms with E-state index in [1.165, 1.54) is 0 Å². The second-order valence-electron chi connectivity index (χ2n) is 4.63. The molecule has 0 saturated heterocycles. The van der Waals surface area contributed by atoms with E-state index in [0.717, 1.165) is 31.9 Å². The molecular formula is C15H16N4O2S2. The number of methoxy groups -OCH3 is 1. The minimum atomic E-state index is 0.665. The molecule has 2 aromatic heterocycles. The molecule has 8 heteroatoms. The number of fused-ring (bicyclic) bond motifs is 1. The molecule has 3 aromatic rings. The fourth-order valence-electron chi connectivity index (χ4n) is 2.19. The number of hydrogen-bond donors (Lipinski definition) is 0. The SMILES string of the molecule is CO/N=C(\CSc1ccccc1OC)c1sc2ncnn2c1C. The fraction of sp³-hybridized carbons (Fsp3) is 0.267. The summed E-state index contributed by atoms with van der Waals surface area (Å²) in [6, 6.07) is 7.93. The highest BCUT2D eigenvalue weighted by Gasteiger charge is 2.17. The second kappa shape index (κ2) is 7.01. The fourth-order valence-corrected chi connectivity index (χ4v) is 4.25. The first kappa shape index (κ1) is 15.8. The maximum atomic E-state index is 5.39. The maximum absolute atomic E-state index is 5.39. The summed E-state index contributed by atoms with van der Waals surface area (Å²) < 4.78 is 7.21. The molecule has 0 N–H and O–H groups in total. The molecule has 2 heterocycles. The molecule has 1 aromatic carbocycles. The van der Waals surface area contributed by atoms with E-state index in [1.54, 1.807) is 43.6 Å². The number of hydrogen-bond acceptors (Lipinski definition) is 7. The van der Waals surface area contributed by atoms with Crippen LogP contribution in [0.1, 0.15) is 10.6 Å². The van der Waals surface area contributed by atoms with Crippen LogP contribution in [0.15, 0.2) is 40.6 Å². The van der Waals surface area contributed by atoms with E-state index in [4.69, 9.17) is 9.57 Å². The molecule has 120 valence electrons. The lowest BCUT2D eigenvalue weighted by Crippen LogP contribution is -2.06. The van der Waals surface area contributed by atoms with Gasteiger partial charge in [0.15, 0.2) is 0 Å². The van der Waals surface area contributed by atoms with Crippen molar-refractivity contribution >= 4 is 33.8 Å². The maximum Gasteiger partial charge on any atom is 0.212 e. The Kier molecular flexibility index (Phi) is 4.82. The van der Waals surface area contributed by atoms with E-state index < -0.39 is 0 Å². The number of ether oxygens (including phenoxy) is 1. The summed E-state index contributed by atoms with van der Waals surface area (Å²) in [4.78, 5) is 12.2. The summed E-state index contributed by atoms with van der Waals surface area (Å²) in [5.74, 6) is 1.52. The number of thiazole rings is 1. The highest BCUT2D eigenvalue weighted by atomic mass is 32.2. The first-order valence-electron chi connectivity index (χ1n) is 6.90. The van der Waals surface area contributed by atoms with Crippen LogP contribution in [0, 0.1) is 6.92 Å². The Bertz CT molecular complexity index is 841. The van der Waals surface area contributed by atoms with Gasteiger partial charge in [-0.2, -0.15) is 5.10 Å². The molecule has 23 heavy (non-hydrogen) atoms. The van der Waals surface area contributed by atoms with Gasteiger partial charge in [0.05, 0.1) is 17.7 Å². The third kappa shape index (κ3) is 3.18. The lowest BCUT2D eigenvalue weighted by Gasteiger charge is -2.08. The van der Waals surface area contributed by atoms with Gasteiger partial charge >= 0.3 is 0 Å². The van der Waals surface area contributed by atoms with Crippen LogP contribution in [-0.2, 0) is 4.84 Å². The van der Waals surface area contributed by atoms with Crippen LogP contribution in [0.5, 0.6) is 5.75 Å². The first-order chi connectivity index (χ1) is 11.2. The van der Waals surface area contributed by atoms with Crippen molar-refractivity contribution in [2.24, 2.45) is 5.16 Å². The molecule has 0 amide bonds. The van der Waals surface area contributed by atoms with Crippen LogP contribution in [0.25, 0.3) is 4.96 Å². The van der Waals surface area contributed by atoms with Crippen molar-refractivity contribution < 1.29 is 9.57 Å². The van der Waals surface area contributed by atoms with Crippen molar-refractivity contribution in [1.29, 1.82) is 0 Å². The van der Waals surface area contributed by atoms with E-state index in [0.29, 0.717) is 5.75 Å². The molecule has 0 fully saturated rings. The number of nitrogens with zero attached hydrogens (tertiary/aromatic N) is 4. The van der Waals surface area contributed by atoms with Gasteiger partial charge in [-0.15, -0.1) is 11.8 Å². The van der Waals surface area contributed by atoms with Crippen LogP contribution in [0.2, 0.25) is 0 Å². The molecule has 0 aliphatic heterocycles. The average Bonchev–Trinajstić information content (AvgIpc) is 3.15. The Hall–Kier alpha value is -2.06. The first-order valence-corrected chi connectivity index (χ1v) is 8.70. The monoisotopic (exact) mass is 348 g/mol. The summed E-state index contributed by atoms with van der Waals surface area (Å²) in [7, 11) is 3.23. The zero-order chi connectivity index (χ0) is 16.2. The number of rotatable bonds is 6. The molecule has 0 spiro atoms. The summed E-state index contributed by atoms with van der Waals surface area (Å²) in [5.41, 5.74) is 1.87. The Balaban J connectivity index is 1.86. The molecule has 0 bridgehead atoms. The molecule has 0 aliphatic carbocycles. The number of para-hydroxylation sites is 1. The van der Waals surface area contributed by atoms with Crippen LogP contribution in [0.4, 0.5) is 0 Å². The lowest BCUT2D eigenvalue weighted by molar-refractivity contribution is 0.213. The van der Waals surface area contributed by atoms with E-state index in [-0.39, 0.29) is 0 Å². The highest BCUT2D eigenvalue weighted by Crippen LogP contribution is 2.31. The van der Waals surface area contributed by atoms with Crippen LogP contribution < -0.4 is 4.74 Å². The number of aryl methyl sites for hydroxylation is 1. The largest absolute Gasteiger partial charge is 0.496 e. The van der Waals surface area contributed by atoms with Gasteiger partial charge in [0.25, 0.3) is 0 Å². The minimum Gasteiger partial charge on any atom is -0.496 e. The summed E-state index contributed by atoms with van der Waals surface area (Å²) in [5, 5.41) is 8.42. The highest BCUT2D eigenvalue weighted by molar-refractivity contribution is 8.00. The molecule has 0 unspecified atom stereocenters. The molecule has 0 radical (unpaired) electrons. The number of benzene rings is 1. The minimum absolute atomic E-state index is 0.665. The van der Waals surface area contributed by atoms with E-state index in [9.17, 15) is 0 Å². The molecule has 0 saturated carbocycles. The topological polar surface area (TPSA) is 61.0 Å². The van der Waals surface area contributed by atoms with Gasteiger partial charge in [-0.3, -0.25) is 0 Å². The average molecular weight is 348 g/mol. The summed E-state index contributed by atoms with van der Waals surface area (Å²) in [6.45, 7) is 2.01. The van der Waals surface area contributed by atoms with Gasteiger partial charge in [-0.05, 0) is 19.1 Å². The predicted molar refractivity (Wildman–Crippen MR) is 92.9 cm³/mol.